The van der Waals surface area contributed by atoms with E-state index in [1.807, 2.05) is 22.6 Å². The van der Waals surface area contributed by atoms with Crippen molar-refractivity contribution in [1.82, 2.24) is 14.1 Å². The number of aryl methyl sites for hydroxylation is 1. The quantitative estimate of drug-likeness (QED) is 0.208. The van der Waals surface area contributed by atoms with Crippen LogP contribution < -0.4 is 27.9 Å². The molecule has 12 heteroatoms. The molecule has 1 fully saturated rings. The number of hydrogen-bond donors (Lipinski definition) is 3. The monoisotopic (exact) mass is 643 g/mol. The number of nitrogens with one attached hydrogen (secondary N) is 2. The van der Waals surface area contributed by atoms with E-state index in [0.717, 1.165) is 4.57 Å². The van der Waals surface area contributed by atoms with Gasteiger partial charge in [0.25, 0.3) is 11.1 Å². The topological polar surface area (TPSA) is 149 Å². The minimum absolute atomic E-state index is 0.0138. The number of pyridine rings is 1. The third-order valence-corrected chi connectivity index (χ3v) is 7.82. The first-order valence-electron chi connectivity index (χ1n) is 12.0. The number of H-pyrrole nitrogens is 1. The highest BCUT2D eigenvalue weighted by Gasteiger charge is 2.49. The SMILES string of the molecule is Cc1c(=O)n(C)c(Nc2ccc(I)cc2F)c2c(=O)[nH]c(=O)n(-c3cccc(C(=O)CC4(C(N)=O)CC4)c3)c12. The summed E-state index contributed by atoms with van der Waals surface area (Å²) in [4.78, 5) is 66.6. The summed E-state index contributed by atoms with van der Waals surface area (Å²) >= 11 is 1.96. The predicted octanol–water partition coefficient (Wildman–Crippen LogP) is 3.01. The minimum atomic E-state index is -0.844. The molecule has 0 atom stereocenters. The third-order valence-electron chi connectivity index (χ3n) is 7.15. The van der Waals surface area contributed by atoms with Gasteiger partial charge in [0, 0.05) is 28.2 Å². The molecule has 5 rings (SSSR count). The van der Waals surface area contributed by atoms with Gasteiger partial charge >= 0.3 is 5.69 Å². The number of carbonyl (C=O) groups is 2. The van der Waals surface area contributed by atoms with E-state index in [1.165, 1.54) is 36.7 Å². The lowest BCUT2D eigenvalue weighted by Gasteiger charge is -2.19. The number of ketones is 1. The van der Waals surface area contributed by atoms with Crippen LogP contribution in [0.2, 0.25) is 0 Å². The molecule has 200 valence electrons. The van der Waals surface area contributed by atoms with Crippen LogP contribution >= 0.6 is 22.6 Å². The van der Waals surface area contributed by atoms with E-state index in [2.05, 4.69) is 10.3 Å². The van der Waals surface area contributed by atoms with E-state index < -0.39 is 33.9 Å². The van der Waals surface area contributed by atoms with Gasteiger partial charge in [-0.2, -0.15) is 0 Å². The minimum Gasteiger partial charge on any atom is -0.369 e. The fraction of sp³-hybridized carbons (Fsp3) is 0.222. The molecule has 0 unspecified atom stereocenters. The summed E-state index contributed by atoms with van der Waals surface area (Å²) in [7, 11) is 1.43. The van der Waals surface area contributed by atoms with Crippen molar-refractivity contribution in [2.45, 2.75) is 26.2 Å². The average Bonchev–Trinajstić information content (AvgIpc) is 3.67. The second kappa shape index (κ2) is 9.59. The molecule has 1 aliphatic rings. The molecule has 1 amide bonds. The van der Waals surface area contributed by atoms with E-state index in [9.17, 15) is 28.4 Å². The highest BCUT2D eigenvalue weighted by molar-refractivity contribution is 14.1. The molecule has 2 aromatic carbocycles. The fourth-order valence-electron chi connectivity index (χ4n) is 4.73. The zero-order valence-corrected chi connectivity index (χ0v) is 23.1. The molecule has 0 radical (unpaired) electrons. The number of rotatable bonds is 7. The molecule has 0 aliphatic heterocycles. The van der Waals surface area contributed by atoms with E-state index in [0.29, 0.717) is 16.4 Å². The van der Waals surface area contributed by atoms with Gasteiger partial charge in [0.05, 0.1) is 22.3 Å². The molecule has 0 saturated heterocycles. The van der Waals surface area contributed by atoms with Gasteiger partial charge in [0.15, 0.2) is 5.78 Å². The number of anilines is 2. The Morgan fingerprint density at radius 3 is 2.51 bits per heavy atom. The molecule has 1 aliphatic carbocycles. The molecule has 2 heterocycles. The number of Topliss-reactive ketones (excluding diaryl/α,β-unsaturated/α-hetero) is 1. The molecule has 1 saturated carbocycles. The van der Waals surface area contributed by atoms with Crippen molar-refractivity contribution in [1.29, 1.82) is 0 Å². The molecule has 39 heavy (non-hydrogen) atoms. The number of hydrogen-bond acceptors (Lipinski definition) is 6. The van der Waals surface area contributed by atoms with E-state index in [4.69, 9.17) is 5.73 Å². The second-order valence-electron chi connectivity index (χ2n) is 9.70. The van der Waals surface area contributed by atoms with Gasteiger partial charge in [0.1, 0.15) is 17.0 Å². The lowest BCUT2D eigenvalue weighted by molar-refractivity contribution is -0.123. The van der Waals surface area contributed by atoms with Crippen LogP contribution in [-0.2, 0) is 11.8 Å². The average molecular weight is 643 g/mol. The Labute approximate surface area is 233 Å². The molecular weight excluding hydrogens is 620 g/mol. The fourth-order valence-corrected chi connectivity index (χ4v) is 5.19. The van der Waals surface area contributed by atoms with E-state index in [1.54, 1.807) is 24.3 Å². The van der Waals surface area contributed by atoms with Crippen LogP contribution in [0, 0.1) is 21.7 Å². The summed E-state index contributed by atoms with van der Waals surface area (Å²) in [6, 6.07) is 10.6. The molecule has 0 spiro atoms. The number of fused-ring (bicyclic) bond motifs is 1. The van der Waals surface area contributed by atoms with Gasteiger partial charge in [-0.3, -0.25) is 33.3 Å². The zero-order valence-electron chi connectivity index (χ0n) is 20.9. The number of benzene rings is 2. The van der Waals surface area contributed by atoms with Crippen molar-refractivity contribution >= 4 is 56.7 Å². The Hall–Kier alpha value is -4.07. The maximum absolute atomic E-state index is 14.7. The van der Waals surface area contributed by atoms with Crippen LogP contribution in [-0.4, -0.2) is 25.8 Å². The summed E-state index contributed by atoms with van der Waals surface area (Å²) < 4.78 is 17.7. The van der Waals surface area contributed by atoms with Gasteiger partial charge < -0.3 is 11.1 Å². The van der Waals surface area contributed by atoms with Crippen molar-refractivity contribution < 1.29 is 14.0 Å². The van der Waals surface area contributed by atoms with Crippen molar-refractivity contribution in [3.05, 3.63) is 94.2 Å². The van der Waals surface area contributed by atoms with Crippen molar-refractivity contribution in [2.75, 3.05) is 5.32 Å². The lowest BCUT2D eigenvalue weighted by Crippen LogP contribution is -2.34. The number of nitrogens with two attached hydrogens (primary N) is 1. The first kappa shape index (κ1) is 26.5. The normalized spacial score (nSPS) is 13.8. The number of aromatic nitrogens is 3. The number of nitrogens with zero attached hydrogens (tertiary/aromatic N) is 2. The highest BCUT2D eigenvalue weighted by atomic mass is 127. The number of aromatic amines is 1. The van der Waals surface area contributed by atoms with Crippen LogP contribution in [0.1, 0.15) is 35.2 Å². The van der Waals surface area contributed by atoms with Crippen LogP contribution in [0.3, 0.4) is 0 Å². The van der Waals surface area contributed by atoms with Gasteiger partial charge in [-0.25, -0.2) is 9.18 Å². The molecule has 4 aromatic rings. The molecular formula is C27H23FIN5O5. The Bertz CT molecular complexity index is 1890. The van der Waals surface area contributed by atoms with Crippen LogP contribution in [0.15, 0.2) is 56.8 Å². The maximum atomic E-state index is 14.7. The van der Waals surface area contributed by atoms with Crippen LogP contribution in [0.4, 0.5) is 15.9 Å². The highest BCUT2D eigenvalue weighted by Crippen LogP contribution is 2.49. The Balaban J connectivity index is 1.72. The number of primary amides is 1. The smallest absolute Gasteiger partial charge is 0.333 e. The van der Waals surface area contributed by atoms with Gasteiger partial charge in [-0.1, -0.05) is 12.1 Å². The van der Waals surface area contributed by atoms with Crippen molar-refractivity contribution in [3.8, 4) is 5.69 Å². The van der Waals surface area contributed by atoms with Crippen molar-refractivity contribution in [3.63, 3.8) is 0 Å². The summed E-state index contributed by atoms with van der Waals surface area (Å²) in [6.07, 6.45) is 1.02. The maximum Gasteiger partial charge on any atom is 0.333 e. The predicted molar refractivity (Wildman–Crippen MR) is 152 cm³/mol. The first-order chi connectivity index (χ1) is 18.4. The first-order valence-corrected chi connectivity index (χ1v) is 13.1. The zero-order chi connectivity index (χ0) is 28.2. The van der Waals surface area contributed by atoms with E-state index in [-0.39, 0.29) is 51.4 Å². The van der Waals surface area contributed by atoms with Gasteiger partial charge in [-0.05, 0) is 72.7 Å². The largest absolute Gasteiger partial charge is 0.369 e. The lowest BCUT2D eigenvalue weighted by atomic mass is 9.95. The summed E-state index contributed by atoms with van der Waals surface area (Å²) in [5.74, 6) is -1.45. The van der Waals surface area contributed by atoms with Crippen LogP contribution in [0.25, 0.3) is 16.6 Å². The summed E-state index contributed by atoms with van der Waals surface area (Å²) in [5.41, 5.74) is 3.13. The van der Waals surface area contributed by atoms with Gasteiger partial charge in [0.2, 0.25) is 5.91 Å². The number of carbonyl (C=O) groups excluding carboxylic acids is 2. The molecule has 4 N–H and O–H groups in total. The third kappa shape index (κ3) is 4.58. The Morgan fingerprint density at radius 1 is 1.15 bits per heavy atom. The standard InChI is InChI=1S/C27H23FIN5O5/c1-13-21-20(22(33(2)24(13)37)31-18-7-6-15(29)11-17(18)28)23(36)32-26(39)34(21)16-5-3-4-14(10-16)19(35)12-27(8-9-27)25(30)38/h3-7,10-11,31H,8-9,12H2,1-2H3,(H2,30,38)(H,32,36,39). The second-order valence-corrected chi connectivity index (χ2v) is 10.9. The Morgan fingerprint density at radius 2 is 1.87 bits per heavy atom. The summed E-state index contributed by atoms with van der Waals surface area (Å²) in [6.45, 7) is 1.48. The number of amides is 1. The van der Waals surface area contributed by atoms with Crippen LogP contribution in [0.5, 0.6) is 0 Å². The Kier molecular flexibility index (Phi) is 6.53. The number of halogens is 2. The molecule has 2 aromatic heterocycles. The van der Waals surface area contributed by atoms with E-state index >= 15 is 0 Å². The summed E-state index contributed by atoms with van der Waals surface area (Å²) in [5, 5.41) is 2.80. The molecule has 10 nitrogen and oxygen atoms in total. The van der Waals surface area contributed by atoms with Crippen molar-refractivity contribution in [2.24, 2.45) is 18.2 Å². The van der Waals surface area contributed by atoms with Gasteiger partial charge in [-0.15, -0.1) is 0 Å². The molecule has 0 bridgehead atoms.